The molecule has 86 valence electrons. The van der Waals surface area contributed by atoms with Crippen molar-refractivity contribution in [1.29, 1.82) is 0 Å². The largest absolute Gasteiger partial charge is 0.480 e. The van der Waals surface area contributed by atoms with Crippen molar-refractivity contribution < 1.29 is 15.0 Å². The van der Waals surface area contributed by atoms with E-state index in [1.54, 1.807) is 0 Å². The minimum atomic E-state index is -0.724. The van der Waals surface area contributed by atoms with Crippen LogP contribution in [0.2, 0.25) is 0 Å². The normalized spacial score (nSPS) is 36.5. The Bertz CT molecular complexity index is 244. The van der Waals surface area contributed by atoms with Crippen molar-refractivity contribution in [1.82, 2.24) is 4.90 Å². The van der Waals surface area contributed by atoms with Crippen LogP contribution in [0, 0.1) is 5.92 Å². The van der Waals surface area contributed by atoms with Gasteiger partial charge in [0.05, 0.1) is 6.61 Å². The molecule has 1 aliphatic carbocycles. The Morgan fingerprint density at radius 1 is 1.33 bits per heavy atom. The van der Waals surface area contributed by atoms with Gasteiger partial charge < -0.3 is 10.2 Å². The number of carboxylic acid groups (broad SMARTS) is 1. The van der Waals surface area contributed by atoms with E-state index in [4.69, 9.17) is 10.2 Å². The smallest absolute Gasteiger partial charge is 0.320 e. The molecule has 0 bridgehead atoms. The summed E-state index contributed by atoms with van der Waals surface area (Å²) in [5, 5.41) is 18.1. The lowest BCUT2D eigenvalue weighted by molar-refractivity contribution is -0.142. The molecule has 3 unspecified atom stereocenters. The first-order chi connectivity index (χ1) is 7.24. The maximum atomic E-state index is 11.1. The summed E-state index contributed by atoms with van der Waals surface area (Å²) in [5.41, 5.74) is 0. The summed E-state index contributed by atoms with van der Waals surface area (Å²) < 4.78 is 0. The van der Waals surface area contributed by atoms with Crippen LogP contribution in [0.1, 0.15) is 32.1 Å². The maximum absolute atomic E-state index is 11.1. The fourth-order valence-electron chi connectivity index (χ4n) is 3.23. The summed E-state index contributed by atoms with van der Waals surface area (Å²) in [6, 6.07) is 0.0530. The Morgan fingerprint density at radius 3 is 2.73 bits per heavy atom. The van der Waals surface area contributed by atoms with Gasteiger partial charge in [0.1, 0.15) is 6.04 Å². The lowest BCUT2D eigenvalue weighted by Crippen LogP contribution is -2.43. The van der Waals surface area contributed by atoms with E-state index in [9.17, 15) is 4.79 Å². The molecule has 0 radical (unpaired) electrons. The van der Waals surface area contributed by atoms with Crippen molar-refractivity contribution in [3.05, 3.63) is 0 Å². The molecule has 2 fully saturated rings. The predicted octanol–water partition coefficient (Wildman–Crippen LogP) is 0.696. The average Bonchev–Trinajstić information content (AvgIpc) is 2.58. The summed E-state index contributed by atoms with van der Waals surface area (Å²) in [6.07, 6.45) is 5.49. The van der Waals surface area contributed by atoms with Crippen LogP contribution in [0.15, 0.2) is 0 Å². The number of rotatable bonds is 3. The van der Waals surface area contributed by atoms with Gasteiger partial charge in [-0.05, 0) is 25.2 Å². The number of hydrogen-bond donors (Lipinski definition) is 2. The van der Waals surface area contributed by atoms with Crippen molar-refractivity contribution in [2.45, 2.75) is 44.2 Å². The van der Waals surface area contributed by atoms with E-state index in [1.807, 2.05) is 4.90 Å². The highest BCUT2D eigenvalue weighted by molar-refractivity contribution is 5.74. The van der Waals surface area contributed by atoms with Gasteiger partial charge in [-0.2, -0.15) is 0 Å². The predicted molar refractivity (Wildman–Crippen MR) is 55.6 cm³/mol. The standard InChI is InChI=1S/C11H19NO3/c13-6-5-12-9-4-2-1-3-8(9)7-10(12)11(14)15/h8-10,13H,1-7H2,(H,14,15). The SMILES string of the molecule is O=C(O)C1CC2CCCCC2N1CCO. The van der Waals surface area contributed by atoms with E-state index in [0.29, 0.717) is 18.5 Å². The third-order valence-electron chi connectivity index (χ3n) is 3.86. The average molecular weight is 213 g/mol. The zero-order valence-corrected chi connectivity index (χ0v) is 8.93. The van der Waals surface area contributed by atoms with E-state index in [0.717, 1.165) is 19.3 Å². The second kappa shape index (κ2) is 4.49. The number of aliphatic hydroxyl groups is 1. The van der Waals surface area contributed by atoms with Crippen LogP contribution in [0.25, 0.3) is 0 Å². The number of likely N-dealkylation sites (tertiary alicyclic amines) is 1. The molecule has 0 aromatic heterocycles. The van der Waals surface area contributed by atoms with Gasteiger partial charge in [0.25, 0.3) is 0 Å². The van der Waals surface area contributed by atoms with E-state index in [1.165, 1.54) is 12.8 Å². The molecule has 2 N–H and O–H groups in total. The number of carbonyl (C=O) groups is 1. The summed E-state index contributed by atoms with van der Waals surface area (Å²) in [4.78, 5) is 13.1. The number of aliphatic hydroxyl groups excluding tert-OH is 1. The zero-order valence-electron chi connectivity index (χ0n) is 8.93. The van der Waals surface area contributed by atoms with Crippen LogP contribution in [0.4, 0.5) is 0 Å². The molecule has 15 heavy (non-hydrogen) atoms. The molecule has 4 heteroatoms. The molecule has 1 saturated carbocycles. The van der Waals surface area contributed by atoms with Crippen molar-refractivity contribution in [3.8, 4) is 0 Å². The van der Waals surface area contributed by atoms with Crippen LogP contribution in [0.3, 0.4) is 0 Å². The van der Waals surface area contributed by atoms with E-state index >= 15 is 0 Å². The van der Waals surface area contributed by atoms with Gasteiger partial charge in [0.15, 0.2) is 0 Å². The Labute approximate surface area is 89.9 Å². The first-order valence-corrected chi connectivity index (χ1v) is 5.83. The van der Waals surface area contributed by atoms with Gasteiger partial charge in [-0.15, -0.1) is 0 Å². The van der Waals surface area contributed by atoms with Crippen LogP contribution in [0.5, 0.6) is 0 Å². The molecule has 2 aliphatic rings. The molecule has 1 aliphatic heterocycles. The third kappa shape index (κ3) is 2.01. The summed E-state index contributed by atoms with van der Waals surface area (Å²) >= 11 is 0. The highest BCUT2D eigenvalue weighted by Gasteiger charge is 2.44. The summed E-state index contributed by atoms with van der Waals surface area (Å²) in [6.45, 7) is 0.575. The Morgan fingerprint density at radius 2 is 2.07 bits per heavy atom. The van der Waals surface area contributed by atoms with Gasteiger partial charge in [-0.1, -0.05) is 12.8 Å². The molecule has 2 rings (SSSR count). The Kier molecular flexibility index (Phi) is 3.26. The number of aliphatic carboxylic acids is 1. The molecule has 1 saturated heterocycles. The van der Waals surface area contributed by atoms with Crippen LogP contribution >= 0.6 is 0 Å². The number of carboxylic acids is 1. The Hall–Kier alpha value is -0.610. The van der Waals surface area contributed by atoms with Gasteiger partial charge in [-0.25, -0.2) is 0 Å². The van der Waals surface area contributed by atoms with Gasteiger partial charge in [-0.3, -0.25) is 9.69 Å². The highest BCUT2D eigenvalue weighted by Crippen LogP contribution is 2.39. The second-order valence-corrected chi connectivity index (χ2v) is 4.66. The molecule has 0 aromatic carbocycles. The van der Waals surface area contributed by atoms with Gasteiger partial charge in [0, 0.05) is 12.6 Å². The molecule has 4 nitrogen and oxygen atoms in total. The quantitative estimate of drug-likeness (QED) is 0.724. The molecular formula is C11H19NO3. The lowest BCUT2D eigenvalue weighted by atomic mass is 9.85. The van der Waals surface area contributed by atoms with Gasteiger partial charge >= 0.3 is 5.97 Å². The monoisotopic (exact) mass is 213 g/mol. The second-order valence-electron chi connectivity index (χ2n) is 4.66. The van der Waals surface area contributed by atoms with Crippen molar-refractivity contribution in [3.63, 3.8) is 0 Å². The number of nitrogens with zero attached hydrogens (tertiary/aromatic N) is 1. The van der Waals surface area contributed by atoms with Gasteiger partial charge in [0.2, 0.25) is 0 Å². The van der Waals surface area contributed by atoms with Crippen LogP contribution < -0.4 is 0 Å². The molecular weight excluding hydrogens is 194 g/mol. The van der Waals surface area contributed by atoms with Crippen molar-refractivity contribution in [2.24, 2.45) is 5.92 Å². The fourth-order valence-corrected chi connectivity index (χ4v) is 3.23. The minimum absolute atomic E-state index is 0.0625. The zero-order chi connectivity index (χ0) is 10.8. The first kappa shape index (κ1) is 10.9. The lowest BCUT2D eigenvalue weighted by Gasteiger charge is -2.32. The van der Waals surface area contributed by atoms with Crippen LogP contribution in [-0.2, 0) is 4.79 Å². The van der Waals surface area contributed by atoms with E-state index in [2.05, 4.69) is 0 Å². The van der Waals surface area contributed by atoms with E-state index in [-0.39, 0.29) is 12.6 Å². The molecule has 1 heterocycles. The third-order valence-corrected chi connectivity index (χ3v) is 3.86. The van der Waals surface area contributed by atoms with Crippen LogP contribution in [-0.4, -0.2) is 46.3 Å². The fraction of sp³-hybridized carbons (Fsp3) is 0.909. The Balaban J connectivity index is 2.10. The molecule has 0 aromatic rings. The highest BCUT2D eigenvalue weighted by atomic mass is 16.4. The molecule has 0 spiro atoms. The summed E-state index contributed by atoms with van der Waals surface area (Å²) in [7, 11) is 0. The molecule has 0 amide bonds. The topological polar surface area (TPSA) is 60.8 Å². The molecule has 3 atom stereocenters. The number of β-amino-alcohol motifs (C(OH)–C–C–N with tert-alkyl or cyclic N) is 1. The minimum Gasteiger partial charge on any atom is -0.480 e. The number of fused-ring (bicyclic) bond motifs is 1. The first-order valence-electron chi connectivity index (χ1n) is 5.83. The maximum Gasteiger partial charge on any atom is 0.320 e. The summed E-state index contributed by atoms with van der Waals surface area (Å²) in [5.74, 6) is -0.177. The van der Waals surface area contributed by atoms with Crippen molar-refractivity contribution in [2.75, 3.05) is 13.2 Å². The van der Waals surface area contributed by atoms with Crippen molar-refractivity contribution >= 4 is 5.97 Å². The van der Waals surface area contributed by atoms with E-state index < -0.39 is 5.97 Å². The number of hydrogen-bond acceptors (Lipinski definition) is 3.